The highest BCUT2D eigenvalue weighted by molar-refractivity contribution is 6.32. The average Bonchev–Trinajstić information content (AvgIpc) is 2.56. The second kappa shape index (κ2) is 7.30. The molecule has 3 saturated carbocycles. The molecule has 24 heavy (non-hydrogen) atoms. The molecule has 0 aliphatic heterocycles. The molecule has 0 heterocycles. The Bertz CT molecular complexity index is 616. The third-order valence-electron chi connectivity index (χ3n) is 5.74. The van der Waals surface area contributed by atoms with Crippen molar-refractivity contribution in [2.24, 2.45) is 28.9 Å². The third-order valence-corrected chi connectivity index (χ3v) is 6.04. The zero-order chi connectivity index (χ0) is 18.1. The molecule has 0 aromatic heterocycles. The molecule has 3 atom stereocenters. The largest absolute Gasteiger partial charge is 0.492 e. The fourth-order valence-electron chi connectivity index (χ4n) is 4.19. The van der Waals surface area contributed by atoms with Gasteiger partial charge in [0, 0.05) is 6.07 Å². The Morgan fingerprint density at radius 3 is 2.58 bits per heavy atom. The molecule has 3 fully saturated rings. The normalized spacial score (nSPS) is 26.7. The molecule has 0 radical (unpaired) electrons. The molecule has 3 aliphatic rings. The number of rotatable bonds is 4. The van der Waals surface area contributed by atoms with Crippen LogP contribution in [0.15, 0.2) is 12.1 Å². The van der Waals surface area contributed by atoms with E-state index in [0.717, 1.165) is 18.4 Å². The van der Waals surface area contributed by atoms with Crippen LogP contribution in [0.3, 0.4) is 0 Å². The second-order valence-corrected chi connectivity index (χ2v) is 7.54. The Morgan fingerprint density at radius 2 is 2.04 bits per heavy atom. The number of carbonyl (C=O) groups is 1. The van der Waals surface area contributed by atoms with Gasteiger partial charge in [-0.2, -0.15) is 0 Å². The van der Waals surface area contributed by atoms with Gasteiger partial charge in [-0.15, -0.1) is 0 Å². The van der Waals surface area contributed by atoms with Gasteiger partial charge in [0.1, 0.15) is 11.6 Å². The Labute approximate surface area is 148 Å². The summed E-state index contributed by atoms with van der Waals surface area (Å²) in [5.41, 5.74) is 5.28. The molecular formula is C19H27ClFNO2. The maximum absolute atomic E-state index is 13.8. The number of ether oxygens (including phenoxy) is 1. The smallest absolute Gasteiger partial charge is 0.251 e. The number of fused-ring (bicyclic) bond motifs is 2. The fraction of sp³-hybridized carbons (Fsp3) is 0.632. The molecule has 1 aromatic rings. The monoisotopic (exact) mass is 355 g/mol. The molecule has 4 rings (SSSR count). The predicted molar refractivity (Wildman–Crippen MR) is 94.9 cm³/mol. The number of halogens is 2. The summed E-state index contributed by atoms with van der Waals surface area (Å²) < 4.78 is 19.6. The van der Waals surface area contributed by atoms with Gasteiger partial charge in [0.05, 0.1) is 17.2 Å². The highest BCUT2D eigenvalue weighted by Crippen LogP contribution is 2.61. The molecule has 134 valence electrons. The predicted octanol–water partition coefficient (Wildman–Crippen LogP) is 5.06. The molecular weight excluding hydrogens is 329 g/mol. The number of benzene rings is 1. The topological polar surface area (TPSA) is 52.3 Å². The molecule has 3 aliphatic carbocycles. The van der Waals surface area contributed by atoms with Crippen LogP contribution in [-0.2, 0) is 0 Å². The van der Waals surface area contributed by atoms with Gasteiger partial charge in [-0.25, -0.2) is 4.39 Å². The van der Waals surface area contributed by atoms with Gasteiger partial charge in [-0.1, -0.05) is 39.3 Å². The van der Waals surface area contributed by atoms with Crippen molar-refractivity contribution in [2.45, 2.75) is 47.0 Å². The second-order valence-electron chi connectivity index (χ2n) is 7.14. The molecule has 0 unspecified atom stereocenters. The summed E-state index contributed by atoms with van der Waals surface area (Å²) >= 11 is 6.07. The van der Waals surface area contributed by atoms with Crippen molar-refractivity contribution in [1.82, 2.24) is 0 Å². The van der Waals surface area contributed by atoms with Crippen LogP contribution in [0.25, 0.3) is 0 Å². The lowest BCUT2D eigenvalue weighted by Crippen LogP contribution is -2.53. The van der Waals surface area contributed by atoms with Crippen molar-refractivity contribution in [1.29, 1.82) is 0 Å². The minimum Gasteiger partial charge on any atom is -0.492 e. The molecule has 0 saturated heterocycles. The van der Waals surface area contributed by atoms with Crippen molar-refractivity contribution in [3.05, 3.63) is 28.5 Å². The standard InChI is InChI=1S/C17H21ClFNO2.C2H6/c1-17(2)10-4-3-9(12(17)5-10)8-22-15-7-14(19)11(16(20)21)6-13(15)18;1-2/h6-7,9-10,12H,3-5,8H2,1-2H3,(H2,20,21);1-2H3/t9-,10+,12+;/m0./s1. The third kappa shape index (κ3) is 3.39. The van der Waals surface area contributed by atoms with E-state index in [9.17, 15) is 9.18 Å². The molecule has 1 amide bonds. The van der Waals surface area contributed by atoms with Crippen LogP contribution in [0.1, 0.15) is 57.3 Å². The maximum atomic E-state index is 13.8. The van der Waals surface area contributed by atoms with Crippen LogP contribution >= 0.6 is 11.6 Å². The average molecular weight is 356 g/mol. The van der Waals surface area contributed by atoms with Gasteiger partial charge >= 0.3 is 0 Å². The fourth-order valence-corrected chi connectivity index (χ4v) is 4.41. The van der Waals surface area contributed by atoms with Crippen molar-refractivity contribution in [3.8, 4) is 5.75 Å². The Kier molecular flexibility index (Phi) is 5.79. The molecule has 2 N–H and O–H groups in total. The van der Waals surface area contributed by atoms with E-state index in [1.54, 1.807) is 0 Å². The van der Waals surface area contributed by atoms with E-state index in [4.69, 9.17) is 22.1 Å². The summed E-state index contributed by atoms with van der Waals surface area (Å²) in [5, 5.41) is 0.219. The van der Waals surface area contributed by atoms with Gasteiger partial charge in [-0.3, -0.25) is 4.79 Å². The minimum atomic E-state index is -0.833. The molecule has 0 spiro atoms. The zero-order valence-corrected chi connectivity index (χ0v) is 15.6. The SMILES string of the molecule is CC.CC1(C)[C@@H]2CC[C@@H](COc3cc(F)c(C(N)=O)cc3Cl)[C@H]1C2. The van der Waals surface area contributed by atoms with Crippen LogP contribution in [0, 0.1) is 29.0 Å². The van der Waals surface area contributed by atoms with Crippen LogP contribution in [-0.4, -0.2) is 12.5 Å². The first-order chi connectivity index (χ1) is 11.3. The number of carbonyl (C=O) groups excluding carboxylic acids is 1. The van der Waals surface area contributed by atoms with Gasteiger partial charge < -0.3 is 10.5 Å². The van der Waals surface area contributed by atoms with Crippen LogP contribution in [0.2, 0.25) is 5.02 Å². The summed E-state index contributed by atoms with van der Waals surface area (Å²) in [6.45, 7) is 9.19. The molecule has 5 heteroatoms. The Balaban J connectivity index is 0.00000100. The van der Waals surface area contributed by atoms with E-state index in [1.807, 2.05) is 13.8 Å². The van der Waals surface area contributed by atoms with E-state index in [1.165, 1.54) is 18.9 Å². The van der Waals surface area contributed by atoms with E-state index in [-0.39, 0.29) is 16.3 Å². The number of primary amides is 1. The quantitative estimate of drug-likeness (QED) is 0.821. The first-order valence-electron chi connectivity index (χ1n) is 8.72. The van der Waals surface area contributed by atoms with Crippen molar-refractivity contribution >= 4 is 17.5 Å². The highest BCUT2D eigenvalue weighted by Gasteiger charge is 2.54. The van der Waals surface area contributed by atoms with Crippen molar-refractivity contribution in [3.63, 3.8) is 0 Å². The first kappa shape index (κ1) is 19.0. The van der Waals surface area contributed by atoms with Gasteiger partial charge in [-0.05, 0) is 48.5 Å². The summed E-state index contributed by atoms with van der Waals surface area (Å²) in [7, 11) is 0. The van der Waals surface area contributed by atoms with Gasteiger partial charge in [0.15, 0.2) is 0 Å². The molecule has 1 aromatic carbocycles. The maximum Gasteiger partial charge on any atom is 0.251 e. The number of hydrogen-bond acceptors (Lipinski definition) is 2. The van der Waals surface area contributed by atoms with Crippen LogP contribution in [0.5, 0.6) is 5.75 Å². The van der Waals surface area contributed by atoms with E-state index in [0.29, 0.717) is 23.9 Å². The van der Waals surface area contributed by atoms with E-state index < -0.39 is 11.7 Å². The summed E-state index contributed by atoms with van der Waals surface area (Å²) in [4.78, 5) is 11.1. The number of hydrogen-bond donors (Lipinski definition) is 1. The summed E-state index contributed by atoms with van der Waals surface area (Å²) in [6.07, 6.45) is 3.65. The van der Waals surface area contributed by atoms with Crippen molar-refractivity contribution < 1.29 is 13.9 Å². The van der Waals surface area contributed by atoms with Gasteiger partial charge in [0.2, 0.25) is 0 Å². The zero-order valence-electron chi connectivity index (χ0n) is 14.9. The lowest BCUT2D eigenvalue weighted by molar-refractivity contribution is -0.114. The van der Waals surface area contributed by atoms with E-state index >= 15 is 0 Å². The summed E-state index contributed by atoms with van der Waals surface area (Å²) in [5.74, 6) is 0.739. The first-order valence-corrected chi connectivity index (χ1v) is 9.10. The highest BCUT2D eigenvalue weighted by atomic mass is 35.5. The van der Waals surface area contributed by atoms with Gasteiger partial charge in [0.25, 0.3) is 5.91 Å². The summed E-state index contributed by atoms with van der Waals surface area (Å²) in [6, 6.07) is 2.39. The van der Waals surface area contributed by atoms with Crippen molar-refractivity contribution in [2.75, 3.05) is 6.61 Å². The van der Waals surface area contributed by atoms with Crippen LogP contribution in [0.4, 0.5) is 4.39 Å². The van der Waals surface area contributed by atoms with Crippen LogP contribution < -0.4 is 10.5 Å². The minimum absolute atomic E-state index is 0.210. The lowest BCUT2D eigenvalue weighted by atomic mass is 9.46. The van der Waals surface area contributed by atoms with E-state index in [2.05, 4.69) is 13.8 Å². The lowest BCUT2D eigenvalue weighted by Gasteiger charge is -2.60. The Hall–Kier alpha value is -1.29. The molecule has 3 nitrogen and oxygen atoms in total. The Morgan fingerprint density at radius 1 is 1.38 bits per heavy atom. The number of nitrogens with two attached hydrogens (primary N) is 1. The number of amides is 1. The molecule has 2 bridgehead atoms.